The van der Waals surface area contributed by atoms with Crippen LogP contribution in [0.4, 0.5) is 11.4 Å². The quantitative estimate of drug-likeness (QED) is 0.404. The summed E-state index contributed by atoms with van der Waals surface area (Å²) in [6, 6.07) is 7.61. The summed E-state index contributed by atoms with van der Waals surface area (Å²) >= 11 is 0. The summed E-state index contributed by atoms with van der Waals surface area (Å²) in [5, 5.41) is 29.8. The Bertz CT molecular complexity index is 981. The molecule has 0 amide bonds. The van der Waals surface area contributed by atoms with Gasteiger partial charge in [0.1, 0.15) is 6.29 Å². The number of nitro benzene ring substituents is 2. The zero-order chi connectivity index (χ0) is 22.1. The van der Waals surface area contributed by atoms with Crippen LogP contribution < -0.4 is 9.47 Å². The van der Waals surface area contributed by atoms with Gasteiger partial charge in [0.15, 0.2) is 11.5 Å². The first-order valence-electron chi connectivity index (χ1n) is 8.18. The van der Waals surface area contributed by atoms with E-state index < -0.39 is 9.85 Å². The van der Waals surface area contributed by atoms with E-state index in [1.807, 2.05) is 6.07 Å². The normalized spacial score (nSPS) is 9.48. The zero-order valence-electron chi connectivity index (χ0n) is 16.3. The van der Waals surface area contributed by atoms with E-state index in [-0.39, 0.29) is 29.3 Å². The number of methoxy groups -OCH3 is 2. The molecule has 0 unspecified atom stereocenters. The van der Waals surface area contributed by atoms with Gasteiger partial charge in [-0.2, -0.15) is 5.26 Å². The van der Waals surface area contributed by atoms with Crippen LogP contribution in [0.2, 0.25) is 0 Å². The Balaban J connectivity index is 0.000000291. The molecule has 0 fully saturated rings. The molecule has 0 N–H and O–H groups in total. The second-order valence-corrected chi connectivity index (χ2v) is 5.70. The molecule has 0 saturated heterocycles. The van der Waals surface area contributed by atoms with E-state index in [2.05, 4.69) is 0 Å². The second kappa shape index (κ2) is 10.4. The number of hydrogen-bond acceptors (Lipinski definition) is 8. The van der Waals surface area contributed by atoms with Gasteiger partial charge in [0.25, 0.3) is 0 Å². The molecule has 152 valence electrons. The molecular formula is C19H19N3O7. The Labute approximate surface area is 166 Å². The Morgan fingerprint density at radius 2 is 1.45 bits per heavy atom. The molecule has 2 aromatic carbocycles. The monoisotopic (exact) mass is 401 g/mol. The van der Waals surface area contributed by atoms with Gasteiger partial charge < -0.3 is 9.47 Å². The molecule has 0 aliphatic rings. The van der Waals surface area contributed by atoms with Gasteiger partial charge in [0.05, 0.1) is 36.6 Å². The first-order valence-corrected chi connectivity index (χ1v) is 8.18. The molecule has 0 heterocycles. The third-order valence-electron chi connectivity index (χ3n) is 4.12. The van der Waals surface area contributed by atoms with Gasteiger partial charge in [-0.1, -0.05) is 6.07 Å². The van der Waals surface area contributed by atoms with E-state index in [1.165, 1.54) is 32.4 Å². The first-order chi connectivity index (χ1) is 13.7. The summed E-state index contributed by atoms with van der Waals surface area (Å²) in [6.07, 6.45) is 0.863. The molecule has 10 heteroatoms. The fraction of sp³-hybridized carbons (Fsp3) is 0.263. The van der Waals surface area contributed by atoms with Gasteiger partial charge in [0.2, 0.25) is 0 Å². The van der Waals surface area contributed by atoms with Crippen LogP contribution in [0.15, 0.2) is 24.3 Å². The maximum absolute atomic E-state index is 10.7. The lowest BCUT2D eigenvalue weighted by molar-refractivity contribution is -0.385. The van der Waals surface area contributed by atoms with Crippen molar-refractivity contribution >= 4 is 17.7 Å². The highest BCUT2D eigenvalue weighted by molar-refractivity contribution is 5.80. The fourth-order valence-electron chi connectivity index (χ4n) is 2.62. The molecule has 0 bridgehead atoms. The Kier molecular flexibility index (Phi) is 8.23. The highest BCUT2D eigenvalue weighted by atomic mass is 16.6. The Morgan fingerprint density at radius 3 is 1.86 bits per heavy atom. The maximum Gasteiger partial charge on any atom is 0.311 e. The molecule has 0 aliphatic heterocycles. The van der Waals surface area contributed by atoms with Gasteiger partial charge in [-0.05, 0) is 25.5 Å². The first kappa shape index (κ1) is 23.0. The molecule has 2 rings (SSSR count). The van der Waals surface area contributed by atoms with Crippen LogP contribution in [0.3, 0.4) is 0 Å². The standard InChI is InChI=1S/C10H10N2O3.C9H9NO4/c1-7-8(5-6-11)3-4-9(12(13)14)10(7)15-2;1-6-7(5-11)3-4-8(10(12)13)9(6)14-2/h3-4H,5H2,1-2H3;3-5H,1-2H3. The number of nitro groups is 2. The summed E-state index contributed by atoms with van der Waals surface area (Å²) in [5.41, 5.74) is 2.07. The third kappa shape index (κ3) is 5.26. The molecule has 29 heavy (non-hydrogen) atoms. The van der Waals surface area contributed by atoms with Crippen molar-refractivity contribution in [2.75, 3.05) is 14.2 Å². The van der Waals surface area contributed by atoms with Crippen molar-refractivity contribution in [2.45, 2.75) is 20.3 Å². The van der Waals surface area contributed by atoms with Crippen LogP contribution in [0.5, 0.6) is 11.5 Å². The number of carbonyl (C=O) groups is 1. The number of benzene rings is 2. The van der Waals surface area contributed by atoms with Crippen molar-refractivity contribution in [1.82, 2.24) is 0 Å². The predicted molar refractivity (Wildman–Crippen MR) is 103 cm³/mol. The maximum atomic E-state index is 10.7. The lowest BCUT2D eigenvalue weighted by atomic mass is 10.0. The lowest BCUT2D eigenvalue weighted by Crippen LogP contribution is -1.98. The summed E-state index contributed by atoms with van der Waals surface area (Å²) in [7, 11) is 2.72. The number of nitrogens with zero attached hydrogens (tertiary/aromatic N) is 3. The number of nitriles is 1. The summed E-state index contributed by atoms with van der Waals surface area (Å²) in [4.78, 5) is 30.7. The zero-order valence-corrected chi connectivity index (χ0v) is 16.3. The molecule has 10 nitrogen and oxygen atoms in total. The van der Waals surface area contributed by atoms with Crippen molar-refractivity contribution in [2.24, 2.45) is 0 Å². The number of hydrogen-bond donors (Lipinski definition) is 0. The highest BCUT2D eigenvalue weighted by Crippen LogP contribution is 2.33. The Hall–Kier alpha value is -4.00. The molecule has 0 saturated carbocycles. The number of carbonyl (C=O) groups excluding carboxylic acids is 1. The van der Waals surface area contributed by atoms with E-state index in [0.29, 0.717) is 23.0 Å². The van der Waals surface area contributed by atoms with Crippen molar-refractivity contribution in [3.63, 3.8) is 0 Å². The SMILES string of the molecule is COc1c([N+](=O)[O-])ccc(C=O)c1C.COc1c([N+](=O)[O-])ccc(CC#N)c1C. The molecule has 2 aromatic rings. The van der Waals surface area contributed by atoms with Crippen molar-refractivity contribution in [1.29, 1.82) is 5.26 Å². The number of ether oxygens (including phenoxy) is 2. The van der Waals surface area contributed by atoms with E-state index in [4.69, 9.17) is 14.7 Å². The average Bonchev–Trinajstić information content (AvgIpc) is 2.69. The van der Waals surface area contributed by atoms with Crippen LogP contribution in [0, 0.1) is 45.4 Å². The van der Waals surface area contributed by atoms with Crippen molar-refractivity contribution < 1.29 is 24.1 Å². The van der Waals surface area contributed by atoms with E-state index in [1.54, 1.807) is 19.9 Å². The minimum Gasteiger partial charge on any atom is -0.490 e. The highest BCUT2D eigenvalue weighted by Gasteiger charge is 2.19. The van der Waals surface area contributed by atoms with Crippen molar-refractivity contribution in [3.8, 4) is 17.6 Å². The number of aldehydes is 1. The topological polar surface area (TPSA) is 146 Å². The van der Waals surface area contributed by atoms with Crippen LogP contribution in [-0.2, 0) is 6.42 Å². The third-order valence-corrected chi connectivity index (χ3v) is 4.12. The van der Waals surface area contributed by atoms with E-state index in [9.17, 15) is 25.0 Å². The van der Waals surface area contributed by atoms with Gasteiger partial charge in [-0.25, -0.2) is 0 Å². The van der Waals surface area contributed by atoms with E-state index >= 15 is 0 Å². The van der Waals surface area contributed by atoms with Gasteiger partial charge in [-0.15, -0.1) is 0 Å². The Morgan fingerprint density at radius 1 is 0.966 bits per heavy atom. The predicted octanol–water partition coefficient (Wildman–Crippen LogP) is 3.70. The van der Waals surface area contributed by atoms with Crippen LogP contribution >= 0.6 is 0 Å². The fourth-order valence-corrected chi connectivity index (χ4v) is 2.62. The second-order valence-electron chi connectivity index (χ2n) is 5.70. The lowest BCUT2D eigenvalue weighted by Gasteiger charge is -2.08. The minimum atomic E-state index is -0.541. The summed E-state index contributed by atoms with van der Waals surface area (Å²) in [5.74, 6) is 0.368. The summed E-state index contributed by atoms with van der Waals surface area (Å²) in [6.45, 7) is 3.31. The molecular weight excluding hydrogens is 382 g/mol. The molecule has 0 radical (unpaired) electrons. The number of rotatable bonds is 6. The van der Waals surface area contributed by atoms with Crippen LogP contribution in [0.1, 0.15) is 27.0 Å². The summed E-state index contributed by atoms with van der Waals surface area (Å²) < 4.78 is 9.85. The minimum absolute atomic E-state index is 0.0725. The van der Waals surface area contributed by atoms with Gasteiger partial charge >= 0.3 is 11.4 Å². The smallest absolute Gasteiger partial charge is 0.311 e. The van der Waals surface area contributed by atoms with Crippen molar-refractivity contribution in [3.05, 3.63) is 66.7 Å². The van der Waals surface area contributed by atoms with Gasteiger partial charge in [0, 0.05) is 28.8 Å². The van der Waals surface area contributed by atoms with Gasteiger partial charge in [-0.3, -0.25) is 25.0 Å². The largest absolute Gasteiger partial charge is 0.490 e. The molecule has 0 spiro atoms. The van der Waals surface area contributed by atoms with E-state index in [0.717, 1.165) is 5.56 Å². The molecule has 0 aromatic heterocycles. The average molecular weight is 401 g/mol. The molecule has 0 aliphatic carbocycles. The van der Waals surface area contributed by atoms with Crippen LogP contribution in [0.25, 0.3) is 0 Å². The molecule has 0 atom stereocenters. The van der Waals surface area contributed by atoms with Crippen LogP contribution in [-0.4, -0.2) is 30.4 Å².